The van der Waals surface area contributed by atoms with Crippen molar-refractivity contribution in [1.29, 1.82) is 0 Å². The highest BCUT2D eigenvalue weighted by atomic mass is 35.5. The lowest BCUT2D eigenvalue weighted by atomic mass is 9.94. The highest BCUT2D eigenvalue weighted by Gasteiger charge is 2.36. The van der Waals surface area contributed by atoms with Gasteiger partial charge in [-0.15, -0.1) is 0 Å². The molecule has 21 heavy (non-hydrogen) atoms. The van der Waals surface area contributed by atoms with E-state index in [4.69, 9.17) is 11.6 Å². The van der Waals surface area contributed by atoms with Crippen LogP contribution in [0.1, 0.15) is 18.5 Å². The summed E-state index contributed by atoms with van der Waals surface area (Å²) in [5.74, 6) is 0.439. The highest BCUT2D eigenvalue weighted by Crippen LogP contribution is 2.39. The van der Waals surface area contributed by atoms with Gasteiger partial charge in [-0.3, -0.25) is 0 Å². The second kappa shape index (κ2) is 4.89. The van der Waals surface area contributed by atoms with E-state index in [0.29, 0.717) is 22.7 Å². The Morgan fingerprint density at radius 2 is 2.19 bits per heavy atom. The summed E-state index contributed by atoms with van der Waals surface area (Å²) in [7, 11) is 0. The Bertz CT molecular complexity index is 682. The number of hydrogen-bond acceptors (Lipinski definition) is 2. The molecule has 3 heterocycles. The molecule has 2 aromatic rings. The van der Waals surface area contributed by atoms with E-state index in [1.54, 1.807) is 12.1 Å². The Balaban J connectivity index is 1.81. The van der Waals surface area contributed by atoms with Crippen LogP contribution in [0.5, 0.6) is 0 Å². The fraction of sp³-hybridized carbons (Fsp3) is 0.500. The van der Waals surface area contributed by atoms with Crippen molar-refractivity contribution in [1.82, 2.24) is 10.3 Å². The lowest BCUT2D eigenvalue weighted by Crippen LogP contribution is -2.40. The van der Waals surface area contributed by atoms with Crippen LogP contribution in [0.25, 0.3) is 10.9 Å². The van der Waals surface area contributed by atoms with Gasteiger partial charge in [-0.2, -0.15) is 0 Å². The number of rotatable bonds is 1. The van der Waals surface area contributed by atoms with E-state index in [1.807, 2.05) is 6.92 Å². The van der Waals surface area contributed by atoms with Gasteiger partial charge in [0.15, 0.2) is 0 Å². The standard InChI is InChI=1S/C16H19ClFN3/c1-9-15(17)14-12(20-9)5-4-11(18)16(14)21-7-10-3-2-6-19-13(10)8-21/h4-5,10,13,19-20H,2-3,6-8H2,1H3. The molecule has 2 aliphatic heterocycles. The molecular formula is C16H19ClFN3. The molecule has 1 aromatic carbocycles. The lowest BCUT2D eigenvalue weighted by Gasteiger charge is -2.24. The van der Waals surface area contributed by atoms with Crippen molar-refractivity contribution in [3.8, 4) is 0 Å². The van der Waals surface area contributed by atoms with E-state index in [9.17, 15) is 4.39 Å². The average molecular weight is 308 g/mol. The molecule has 2 unspecified atom stereocenters. The van der Waals surface area contributed by atoms with Crippen LogP contribution in [0.2, 0.25) is 5.02 Å². The monoisotopic (exact) mass is 307 g/mol. The van der Waals surface area contributed by atoms with Crippen LogP contribution in [-0.4, -0.2) is 30.7 Å². The molecule has 0 bridgehead atoms. The van der Waals surface area contributed by atoms with Crippen LogP contribution in [-0.2, 0) is 0 Å². The summed E-state index contributed by atoms with van der Waals surface area (Å²) in [6.07, 6.45) is 2.44. The molecule has 4 rings (SSSR count). The number of hydrogen-bond donors (Lipinski definition) is 2. The first-order valence-electron chi connectivity index (χ1n) is 7.60. The van der Waals surface area contributed by atoms with Crippen LogP contribution in [0.15, 0.2) is 12.1 Å². The Labute approximate surface area is 128 Å². The second-order valence-electron chi connectivity index (χ2n) is 6.25. The molecule has 1 aromatic heterocycles. The molecule has 0 spiro atoms. The minimum absolute atomic E-state index is 0.179. The van der Waals surface area contributed by atoms with Gasteiger partial charge >= 0.3 is 0 Å². The van der Waals surface area contributed by atoms with Crippen LogP contribution >= 0.6 is 11.6 Å². The molecule has 2 fully saturated rings. The number of benzene rings is 1. The van der Waals surface area contributed by atoms with Crippen LogP contribution in [0.3, 0.4) is 0 Å². The number of nitrogens with zero attached hydrogens (tertiary/aromatic N) is 1. The van der Waals surface area contributed by atoms with Gasteiger partial charge in [0.2, 0.25) is 0 Å². The molecule has 0 radical (unpaired) electrons. The lowest BCUT2D eigenvalue weighted by molar-refractivity contribution is 0.340. The zero-order chi connectivity index (χ0) is 14.6. The minimum atomic E-state index is -0.179. The fourth-order valence-electron chi connectivity index (χ4n) is 3.87. The molecule has 0 saturated carbocycles. The van der Waals surface area contributed by atoms with E-state index >= 15 is 0 Å². The smallest absolute Gasteiger partial charge is 0.147 e. The van der Waals surface area contributed by atoms with Gasteiger partial charge in [-0.05, 0) is 44.4 Å². The summed E-state index contributed by atoms with van der Waals surface area (Å²) in [6.45, 7) is 4.77. The number of piperidine rings is 1. The molecule has 0 amide bonds. The molecule has 2 N–H and O–H groups in total. The topological polar surface area (TPSA) is 31.1 Å². The fourth-order valence-corrected chi connectivity index (χ4v) is 4.11. The first kappa shape index (κ1) is 13.4. The molecule has 0 aliphatic carbocycles. The average Bonchev–Trinajstić information content (AvgIpc) is 3.02. The number of fused-ring (bicyclic) bond motifs is 2. The zero-order valence-corrected chi connectivity index (χ0v) is 12.8. The third-order valence-electron chi connectivity index (χ3n) is 4.92. The maximum atomic E-state index is 14.5. The minimum Gasteiger partial charge on any atom is -0.367 e. The van der Waals surface area contributed by atoms with Gasteiger partial charge in [-0.25, -0.2) is 4.39 Å². The van der Waals surface area contributed by atoms with E-state index in [0.717, 1.165) is 36.2 Å². The summed E-state index contributed by atoms with van der Waals surface area (Å²) < 4.78 is 14.5. The molecule has 2 aliphatic rings. The molecular weight excluding hydrogens is 289 g/mol. The highest BCUT2D eigenvalue weighted by molar-refractivity contribution is 6.37. The Hall–Kier alpha value is -1.26. The largest absolute Gasteiger partial charge is 0.367 e. The van der Waals surface area contributed by atoms with Crippen molar-refractivity contribution in [3.05, 3.63) is 28.7 Å². The molecule has 3 nitrogen and oxygen atoms in total. The van der Waals surface area contributed by atoms with Gasteiger partial charge in [0.25, 0.3) is 0 Å². The van der Waals surface area contributed by atoms with Crippen molar-refractivity contribution >= 4 is 28.2 Å². The number of aryl methyl sites for hydroxylation is 1. The normalized spacial score (nSPS) is 25.6. The summed E-state index contributed by atoms with van der Waals surface area (Å²) in [5, 5.41) is 5.03. The summed E-state index contributed by atoms with van der Waals surface area (Å²) in [4.78, 5) is 5.41. The van der Waals surface area contributed by atoms with Gasteiger partial charge in [0.1, 0.15) is 5.82 Å². The quantitative estimate of drug-likeness (QED) is 0.845. The third kappa shape index (κ3) is 2.04. The third-order valence-corrected chi connectivity index (χ3v) is 5.39. The number of H-pyrrole nitrogens is 1. The van der Waals surface area contributed by atoms with Crippen molar-refractivity contribution in [2.45, 2.75) is 25.8 Å². The van der Waals surface area contributed by atoms with Gasteiger partial charge < -0.3 is 15.2 Å². The van der Waals surface area contributed by atoms with E-state index in [1.165, 1.54) is 12.8 Å². The summed E-state index contributed by atoms with van der Waals surface area (Å²) in [6, 6.07) is 3.79. The van der Waals surface area contributed by atoms with Crippen molar-refractivity contribution < 1.29 is 4.39 Å². The Morgan fingerprint density at radius 3 is 3.00 bits per heavy atom. The van der Waals surface area contributed by atoms with Crippen LogP contribution in [0.4, 0.5) is 10.1 Å². The molecule has 5 heteroatoms. The van der Waals surface area contributed by atoms with Gasteiger partial charge in [0, 0.05) is 35.7 Å². The predicted octanol–water partition coefficient (Wildman–Crippen LogP) is 3.46. The van der Waals surface area contributed by atoms with Gasteiger partial charge in [-0.1, -0.05) is 11.6 Å². The molecule has 2 atom stereocenters. The van der Waals surface area contributed by atoms with E-state index in [2.05, 4.69) is 15.2 Å². The second-order valence-corrected chi connectivity index (χ2v) is 6.63. The van der Waals surface area contributed by atoms with Crippen LogP contribution in [0, 0.1) is 18.7 Å². The Morgan fingerprint density at radius 1 is 1.33 bits per heavy atom. The summed E-state index contributed by atoms with van der Waals surface area (Å²) >= 11 is 6.41. The number of halogens is 2. The van der Waals surface area contributed by atoms with E-state index < -0.39 is 0 Å². The maximum Gasteiger partial charge on any atom is 0.147 e. The van der Waals surface area contributed by atoms with Crippen LogP contribution < -0.4 is 10.2 Å². The predicted molar refractivity (Wildman–Crippen MR) is 84.7 cm³/mol. The first-order valence-corrected chi connectivity index (χ1v) is 7.97. The number of nitrogens with one attached hydrogen (secondary N) is 2. The Kier molecular flexibility index (Phi) is 3.12. The SMILES string of the molecule is Cc1[nH]c2ccc(F)c(N3CC4CCCNC4C3)c2c1Cl. The number of anilines is 1. The summed E-state index contributed by atoms with van der Waals surface area (Å²) in [5.41, 5.74) is 2.48. The van der Waals surface area contributed by atoms with Crippen molar-refractivity contribution in [2.75, 3.05) is 24.5 Å². The van der Waals surface area contributed by atoms with Gasteiger partial charge in [0.05, 0.1) is 10.7 Å². The molecule has 112 valence electrons. The number of aromatic amines is 1. The van der Waals surface area contributed by atoms with Crippen molar-refractivity contribution in [3.63, 3.8) is 0 Å². The maximum absolute atomic E-state index is 14.5. The van der Waals surface area contributed by atoms with E-state index in [-0.39, 0.29) is 5.82 Å². The first-order chi connectivity index (χ1) is 10.1. The zero-order valence-electron chi connectivity index (χ0n) is 12.0. The molecule has 2 saturated heterocycles. The number of aromatic nitrogens is 1. The van der Waals surface area contributed by atoms with Crippen molar-refractivity contribution in [2.24, 2.45) is 5.92 Å².